The molecule has 0 atom stereocenters. The van der Waals surface area contributed by atoms with E-state index < -0.39 is 0 Å². The molecule has 0 heterocycles. The summed E-state index contributed by atoms with van der Waals surface area (Å²) in [5, 5.41) is 1.31. The minimum Gasteiger partial charge on any atom is -0.457 e. The van der Waals surface area contributed by atoms with Gasteiger partial charge in [0.05, 0.1) is 0 Å². The van der Waals surface area contributed by atoms with E-state index in [2.05, 4.69) is 0 Å². The lowest BCUT2D eigenvalue weighted by atomic mass is 10.1. The Bertz CT molecular complexity index is 584. The molecule has 2 aromatic rings. The largest absolute Gasteiger partial charge is 0.457 e. The van der Waals surface area contributed by atoms with E-state index in [4.69, 9.17) is 33.7 Å². The van der Waals surface area contributed by atoms with E-state index in [1.165, 1.54) is 0 Å². The van der Waals surface area contributed by atoms with Crippen molar-refractivity contribution in [3.05, 3.63) is 57.6 Å². The Labute approximate surface area is 123 Å². The topological polar surface area (TPSA) is 35.2 Å². The molecule has 19 heavy (non-hydrogen) atoms. The Balaban J connectivity index is 2.24. The second kappa shape index (κ2) is 6.29. The van der Waals surface area contributed by atoms with Gasteiger partial charge in [0.1, 0.15) is 11.5 Å². The van der Waals surface area contributed by atoms with E-state index in [1.807, 2.05) is 31.2 Å². The average Bonchev–Trinajstić information content (AvgIpc) is 2.37. The Morgan fingerprint density at radius 1 is 1.11 bits per heavy atom. The molecular formula is C15H15Cl2NO. The molecule has 0 amide bonds. The number of benzene rings is 2. The van der Waals surface area contributed by atoms with Crippen molar-refractivity contribution < 1.29 is 4.74 Å². The van der Waals surface area contributed by atoms with Crippen LogP contribution in [0.4, 0.5) is 0 Å². The van der Waals surface area contributed by atoms with Gasteiger partial charge in [0, 0.05) is 10.0 Å². The van der Waals surface area contributed by atoms with E-state index in [9.17, 15) is 0 Å². The molecule has 2 aromatic carbocycles. The summed E-state index contributed by atoms with van der Waals surface area (Å²) in [5.74, 6) is 1.42. The molecule has 0 fully saturated rings. The highest BCUT2D eigenvalue weighted by Crippen LogP contribution is 2.30. The summed E-state index contributed by atoms with van der Waals surface area (Å²) in [4.78, 5) is 0. The summed E-state index contributed by atoms with van der Waals surface area (Å²) in [5.41, 5.74) is 7.57. The molecule has 0 aliphatic rings. The third-order valence-electron chi connectivity index (χ3n) is 2.82. The fourth-order valence-corrected chi connectivity index (χ4v) is 2.19. The maximum absolute atomic E-state index is 6.18. The van der Waals surface area contributed by atoms with Gasteiger partial charge in [-0.05, 0) is 55.3 Å². The molecule has 0 aliphatic heterocycles. The van der Waals surface area contributed by atoms with Crippen LogP contribution in [0.3, 0.4) is 0 Å². The molecule has 0 aromatic heterocycles. The molecule has 0 aliphatic carbocycles. The van der Waals surface area contributed by atoms with Crippen LogP contribution >= 0.6 is 23.2 Å². The van der Waals surface area contributed by atoms with Gasteiger partial charge in [-0.25, -0.2) is 0 Å². The molecule has 0 bridgehead atoms. The Morgan fingerprint density at radius 3 is 2.58 bits per heavy atom. The molecule has 100 valence electrons. The Hall–Kier alpha value is -1.22. The Kier molecular flexibility index (Phi) is 4.70. The van der Waals surface area contributed by atoms with Gasteiger partial charge in [-0.15, -0.1) is 0 Å². The molecule has 4 heteroatoms. The Morgan fingerprint density at radius 2 is 1.89 bits per heavy atom. The number of nitrogens with two attached hydrogens (primary N) is 1. The maximum atomic E-state index is 6.18. The van der Waals surface area contributed by atoms with Crippen molar-refractivity contribution in [1.29, 1.82) is 0 Å². The maximum Gasteiger partial charge on any atom is 0.131 e. The number of rotatable bonds is 4. The van der Waals surface area contributed by atoms with Crippen LogP contribution in [0, 0.1) is 6.92 Å². The SMILES string of the molecule is Cc1ccc(Cl)cc1Oc1ccc(CCN)c(Cl)c1. The first-order valence-corrected chi connectivity index (χ1v) is 6.78. The van der Waals surface area contributed by atoms with Crippen LogP contribution in [0.5, 0.6) is 11.5 Å². The molecule has 0 unspecified atom stereocenters. The number of ether oxygens (including phenoxy) is 1. The molecule has 2 N–H and O–H groups in total. The first kappa shape index (κ1) is 14.2. The number of halogens is 2. The van der Waals surface area contributed by atoms with Crippen LogP contribution in [-0.4, -0.2) is 6.54 Å². The first-order chi connectivity index (χ1) is 9.10. The van der Waals surface area contributed by atoms with Crippen molar-refractivity contribution in [3.8, 4) is 11.5 Å². The average molecular weight is 296 g/mol. The van der Waals surface area contributed by atoms with Crippen molar-refractivity contribution in [2.24, 2.45) is 5.73 Å². The third kappa shape index (κ3) is 3.63. The summed E-state index contributed by atoms with van der Waals surface area (Å²) in [6.45, 7) is 2.55. The monoisotopic (exact) mass is 295 g/mol. The smallest absolute Gasteiger partial charge is 0.131 e. The van der Waals surface area contributed by atoms with Gasteiger partial charge in [-0.2, -0.15) is 0 Å². The second-order valence-corrected chi connectivity index (χ2v) is 5.15. The van der Waals surface area contributed by atoms with E-state index in [1.54, 1.807) is 12.1 Å². The fraction of sp³-hybridized carbons (Fsp3) is 0.200. The molecule has 0 saturated carbocycles. The van der Waals surface area contributed by atoms with E-state index in [0.717, 1.165) is 23.3 Å². The summed E-state index contributed by atoms with van der Waals surface area (Å²) in [6.07, 6.45) is 0.759. The zero-order valence-corrected chi connectivity index (χ0v) is 12.1. The van der Waals surface area contributed by atoms with Crippen molar-refractivity contribution in [2.45, 2.75) is 13.3 Å². The van der Waals surface area contributed by atoms with Crippen molar-refractivity contribution >= 4 is 23.2 Å². The molecule has 2 nitrogen and oxygen atoms in total. The van der Waals surface area contributed by atoms with Gasteiger partial charge in [-0.1, -0.05) is 35.3 Å². The van der Waals surface area contributed by atoms with Gasteiger partial charge in [-0.3, -0.25) is 0 Å². The summed E-state index contributed by atoms with van der Waals surface area (Å²) in [6, 6.07) is 11.2. The van der Waals surface area contributed by atoms with Crippen molar-refractivity contribution in [2.75, 3.05) is 6.54 Å². The fourth-order valence-electron chi connectivity index (χ4n) is 1.76. The number of hydrogen-bond acceptors (Lipinski definition) is 2. The second-order valence-electron chi connectivity index (χ2n) is 4.30. The molecule has 0 spiro atoms. The lowest BCUT2D eigenvalue weighted by molar-refractivity contribution is 0.479. The molecule has 0 radical (unpaired) electrons. The van der Waals surface area contributed by atoms with Crippen LogP contribution in [0.15, 0.2) is 36.4 Å². The summed E-state index contributed by atoms with van der Waals surface area (Å²) >= 11 is 12.1. The summed E-state index contributed by atoms with van der Waals surface area (Å²) < 4.78 is 5.80. The minimum atomic E-state index is 0.577. The lowest BCUT2D eigenvalue weighted by Gasteiger charge is -2.11. The van der Waals surface area contributed by atoms with E-state index in [-0.39, 0.29) is 0 Å². The summed E-state index contributed by atoms with van der Waals surface area (Å²) in [7, 11) is 0. The molecule has 2 rings (SSSR count). The van der Waals surface area contributed by atoms with Crippen molar-refractivity contribution in [3.63, 3.8) is 0 Å². The standard InChI is InChI=1S/C15H15Cl2NO/c1-10-2-4-12(16)8-15(10)19-13-5-3-11(6-7-18)14(17)9-13/h2-5,8-9H,6-7,18H2,1H3. The first-order valence-electron chi connectivity index (χ1n) is 6.02. The molecular weight excluding hydrogens is 281 g/mol. The van der Waals surface area contributed by atoms with Gasteiger partial charge in [0.15, 0.2) is 0 Å². The predicted molar refractivity (Wildman–Crippen MR) is 80.5 cm³/mol. The van der Waals surface area contributed by atoms with Crippen molar-refractivity contribution in [1.82, 2.24) is 0 Å². The van der Waals surface area contributed by atoms with Gasteiger partial charge in [0.25, 0.3) is 0 Å². The van der Waals surface area contributed by atoms with Gasteiger partial charge in [0.2, 0.25) is 0 Å². The van der Waals surface area contributed by atoms with E-state index in [0.29, 0.717) is 22.3 Å². The van der Waals surface area contributed by atoms with E-state index >= 15 is 0 Å². The lowest BCUT2D eigenvalue weighted by Crippen LogP contribution is -2.03. The van der Waals surface area contributed by atoms with Gasteiger partial charge < -0.3 is 10.5 Å². The van der Waals surface area contributed by atoms with Crippen LogP contribution in [0.25, 0.3) is 0 Å². The van der Waals surface area contributed by atoms with Crippen LogP contribution in [0.2, 0.25) is 10.0 Å². The predicted octanol–water partition coefficient (Wildman–Crippen LogP) is 4.60. The zero-order chi connectivity index (χ0) is 13.8. The number of hydrogen-bond donors (Lipinski definition) is 1. The normalized spacial score (nSPS) is 10.5. The highest BCUT2D eigenvalue weighted by Gasteiger charge is 2.05. The highest BCUT2D eigenvalue weighted by atomic mass is 35.5. The third-order valence-corrected chi connectivity index (χ3v) is 3.40. The highest BCUT2D eigenvalue weighted by molar-refractivity contribution is 6.31. The molecule has 0 saturated heterocycles. The number of aryl methyl sites for hydroxylation is 1. The van der Waals surface area contributed by atoms with Crippen LogP contribution in [-0.2, 0) is 6.42 Å². The van der Waals surface area contributed by atoms with Crippen LogP contribution < -0.4 is 10.5 Å². The minimum absolute atomic E-state index is 0.577. The quantitative estimate of drug-likeness (QED) is 0.895. The zero-order valence-electron chi connectivity index (χ0n) is 10.6. The van der Waals surface area contributed by atoms with Gasteiger partial charge >= 0.3 is 0 Å². The van der Waals surface area contributed by atoms with Crippen LogP contribution in [0.1, 0.15) is 11.1 Å².